The Balaban J connectivity index is 1.61. The van der Waals surface area contributed by atoms with Gasteiger partial charge in [-0.15, -0.1) is 10.2 Å². The lowest BCUT2D eigenvalue weighted by Gasteiger charge is -2.33. The van der Waals surface area contributed by atoms with Crippen molar-refractivity contribution in [2.45, 2.75) is 6.92 Å². The highest BCUT2D eigenvalue weighted by molar-refractivity contribution is 5.92. The number of para-hydroxylation sites is 1. The Labute approximate surface area is 160 Å². The fourth-order valence-electron chi connectivity index (χ4n) is 2.73. The fourth-order valence-corrected chi connectivity index (χ4v) is 2.73. The Hall–Kier alpha value is -3.30. The zero-order valence-corrected chi connectivity index (χ0v) is 15.2. The SMILES string of the molecule is CCOC(=O)N1CCN(C(=O)c2ccc(Nc3c(F)cccc3F)nn2)CC1. The lowest BCUT2D eigenvalue weighted by Crippen LogP contribution is -2.50. The predicted octanol–water partition coefficient (Wildman–Crippen LogP) is 2.41. The number of aromatic nitrogens is 2. The summed E-state index contributed by atoms with van der Waals surface area (Å²) < 4.78 is 32.3. The fraction of sp³-hybridized carbons (Fsp3) is 0.333. The van der Waals surface area contributed by atoms with Crippen LogP contribution in [0.3, 0.4) is 0 Å². The molecular formula is C18H19F2N5O3. The topological polar surface area (TPSA) is 87.7 Å². The Morgan fingerprint density at radius 2 is 1.68 bits per heavy atom. The third kappa shape index (κ3) is 4.33. The largest absolute Gasteiger partial charge is 0.450 e. The summed E-state index contributed by atoms with van der Waals surface area (Å²) in [5, 5.41) is 10.2. The number of hydrogen-bond donors (Lipinski definition) is 1. The standard InChI is InChI=1S/C18H19F2N5O3/c1-2-28-18(27)25-10-8-24(9-11-25)17(26)14-6-7-15(23-22-14)21-16-12(19)4-3-5-13(16)20/h3-7H,2,8-11H2,1H3,(H,21,23). The first-order valence-electron chi connectivity index (χ1n) is 8.75. The van der Waals surface area contributed by atoms with Crippen LogP contribution < -0.4 is 5.32 Å². The highest BCUT2D eigenvalue weighted by Gasteiger charge is 2.26. The Morgan fingerprint density at radius 1 is 1.04 bits per heavy atom. The van der Waals surface area contributed by atoms with Crippen molar-refractivity contribution in [3.05, 3.63) is 47.7 Å². The number of rotatable bonds is 4. The van der Waals surface area contributed by atoms with Gasteiger partial charge in [0.25, 0.3) is 5.91 Å². The molecule has 1 aromatic carbocycles. The highest BCUT2D eigenvalue weighted by Crippen LogP contribution is 2.21. The summed E-state index contributed by atoms with van der Waals surface area (Å²) in [4.78, 5) is 27.3. The molecule has 1 saturated heterocycles. The molecule has 0 unspecified atom stereocenters. The van der Waals surface area contributed by atoms with Crippen molar-refractivity contribution in [1.29, 1.82) is 0 Å². The predicted molar refractivity (Wildman–Crippen MR) is 96.2 cm³/mol. The maximum atomic E-state index is 13.7. The summed E-state index contributed by atoms with van der Waals surface area (Å²) in [6.45, 7) is 3.45. The Kier molecular flexibility index (Phi) is 5.97. The second kappa shape index (κ2) is 8.59. The van der Waals surface area contributed by atoms with Crippen LogP contribution >= 0.6 is 0 Å². The van der Waals surface area contributed by atoms with Crippen LogP contribution in [0.15, 0.2) is 30.3 Å². The number of nitrogens with one attached hydrogen (secondary N) is 1. The zero-order chi connectivity index (χ0) is 20.1. The van der Waals surface area contributed by atoms with Gasteiger partial charge in [0, 0.05) is 26.2 Å². The van der Waals surface area contributed by atoms with Gasteiger partial charge in [-0.25, -0.2) is 13.6 Å². The minimum atomic E-state index is -0.763. The van der Waals surface area contributed by atoms with Gasteiger partial charge in [0.05, 0.1) is 6.61 Å². The number of carbonyl (C=O) groups excluding carboxylic acids is 2. The van der Waals surface area contributed by atoms with Crippen LogP contribution in [0, 0.1) is 11.6 Å². The third-order valence-corrected chi connectivity index (χ3v) is 4.19. The van der Waals surface area contributed by atoms with Crippen molar-refractivity contribution in [3.63, 3.8) is 0 Å². The van der Waals surface area contributed by atoms with E-state index in [1.807, 2.05) is 0 Å². The van der Waals surface area contributed by atoms with Crippen molar-refractivity contribution in [3.8, 4) is 0 Å². The van der Waals surface area contributed by atoms with Crippen LogP contribution in [-0.4, -0.2) is 64.8 Å². The van der Waals surface area contributed by atoms with Gasteiger partial charge in [0.2, 0.25) is 0 Å². The first-order valence-corrected chi connectivity index (χ1v) is 8.75. The first-order chi connectivity index (χ1) is 13.5. The van der Waals surface area contributed by atoms with Gasteiger partial charge < -0.3 is 19.9 Å². The van der Waals surface area contributed by atoms with Gasteiger partial charge in [-0.1, -0.05) is 6.07 Å². The molecule has 1 aromatic heterocycles. The van der Waals surface area contributed by atoms with Gasteiger partial charge in [-0.05, 0) is 31.2 Å². The van der Waals surface area contributed by atoms with Crippen LogP contribution in [0.2, 0.25) is 0 Å². The summed E-state index contributed by atoms with van der Waals surface area (Å²) in [6, 6.07) is 6.33. The van der Waals surface area contributed by atoms with E-state index in [2.05, 4.69) is 15.5 Å². The van der Waals surface area contributed by atoms with Crippen molar-refractivity contribution < 1.29 is 23.1 Å². The number of nitrogens with zero attached hydrogens (tertiary/aromatic N) is 4. The molecule has 2 amide bonds. The van der Waals surface area contributed by atoms with Crippen LogP contribution in [0.5, 0.6) is 0 Å². The van der Waals surface area contributed by atoms with Crippen LogP contribution in [-0.2, 0) is 4.74 Å². The molecule has 0 radical (unpaired) electrons. The van der Waals surface area contributed by atoms with Crippen LogP contribution in [0.25, 0.3) is 0 Å². The molecule has 8 nitrogen and oxygen atoms in total. The van der Waals surface area contributed by atoms with Crippen molar-refractivity contribution in [2.24, 2.45) is 0 Å². The molecule has 1 N–H and O–H groups in total. The van der Waals surface area contributed by atoms with E-state index in [4.69, 9.17) is 4.74 Å². The molecule has 2 heterocycles. The molecule has 0 spiro atoms. The van der Waals surface area contributed by atoms with E-state index in [-0.39, 0.29) is 23.1 Å². The second-order valence-electron chi connectivity index (χ2n) is 6.00. The number of amides is 2. The van der Waals surface area contributed by atoms with Crippen molar-refractivity contribution in [1.82, 2.24) is 20.0 Å². The smallest absolute Gasteiger partial charge is 0.409 e. The van der Waals surface area contributed by atoms with Gasteiger partial charge in [-0.3, -0.25) is 4.79 Å². The third-order valence-electron chi connectivity index (χ3n) is 4.19. The summed E-state index contributed by atoms with van der Waals surface area (Å²) in [5.41, 5.74) is -0.241. The number of hydrogen-bond acceptors (Lipinski definition) is 6. The average molecular weight is 391 g/mol. The van der Waals surface area contributed by atoms with Gasteiger partial charge in [0.1, 0.15) is 17.3 Å². The Morgan fingerprint density at radius 3 is 2.25 bits per heavy atom. The zero-order valence-electron chi connectivity index (χ0n) is 15.2. The molecule has 1 aliphatic rings. The molecule has 28 heavy (non-hydrogen) atoms. The molecule has 0 aliphatic carbocycles. The number of carbonyl (C=O) groups is 2. The molecule has 0 atom stereocenters. The van der Waals surface area contributed by atoms with E-state index < -0.39 is 17.7 Å². The molecule has 1 fully saturated rings. The molecule has 0 saturated carbocycles. The molecule has 2 aromatic rings. The van der Waals surface area contributed by atoms with E-state index in [1.165, 1.54) is 23.1 Å². The first kappa shape index (κ1) is 19.5. The number of halogens is 2. The van der Waals surface area contributed by atoms with E-state index in [1.54, 1.807) is 11.8 Å². The van der Waals surface area contributed by atoms with E-state index in [0.717, 1.165) is 12.1 Å². The quantitative estimate of drug-likeness (QED) is 0.861. The number of piperazine rings is 1. The average Bonchev–Trinajstić information content (AvgIpc) is 2.71. The van der Waals surface area contributed by atoms with Crippen molar-refractivity contribution in [2.75, 3.05) is 38.1 Å². The van der Waals surface area contributed by atoms with Gasteiger partial charge in [0.15, 0.2) is 11.5 Å². The molecule has 148 valence electrons. The Bertz CT molecular complexity index is 835. The molecule has 3 rings (SSSR count). The number of anilines is 2. The van der Waals surface area contributed by atoms with Crippen molar-refractivity contribution >= 4 is 23.5 Å². The second-order valence-corrected chi connectivity index (χ2v) is 6.00. The summed E-state index contributed by atoms with van der Waals surface area (Å²) in [7, 11) is 0. The number of benzene rings is 1. The lowest BCUT2D eigenvalue weighted by molar-refractivity contribution is 0.0565. The summed E-state index contributed by atoms with van der Waals surface area (Å²) in [6.07, 6.45) is -0.398. The molecular weight excluding hydrogens is 372 g/mol. The highest BCUT2D eigenvalue weighted by atomic mass is 19.1. The van der Waals surface area contributed by atoms with E-state index in [0.29, 0.717) is 32.8 Å². The maximum absolute atomic E-state index is 13.7. The lowest BCUT2D eigenvalue weighted by atomic mass is 10.2. The normalized spacial score (nSPS) is 14.0. The summed E-state index contributed by atoms with van der Waals surface area (Å²) >= 11 is 0. The molecule has 1 aliphatic heterocycles. The van der Waals surface area contributed by atoms with Gasteiger partial charge >= 0.3 is 6.09 Å². The monoisotopic (exact) mass is 391 g/mol. The van der Waals surface area contributed by atoms with Crippen LogP contribution in [0.1, 0.15) is 17.4 Å². The molecule has 0 bridgehead atoms. The maximum Gasteiger partial charge on any atom is 0.409 e. The minimum Gasteiger partial charge on any atom is -0.450 e. The van der Waals surface area contributed by atoms with Gasteiger partial charge in [-0.2, -0.15) is 0 Å². The minimum absolute atomic E-state index is 0.101. The van der Waals surface area contributed by atoms with E-state index >= 15 is 0 Å². The summed E-state index contributed by atoms with van der Waals surface area (Å²) in [5.74, 6) is -1.75. The number of ether oxygens (including phenoxy) is 1. The van der Waals surface area contributed by atoms with Crippen LogP contribution in [0.4, 0.5) is 25.1 Å². The van der Waals surface area contributed by atoms with E-state index in [9.17, 15) is 18.4 Å². The molecule has 10 heteroatoms.